The molecule has 1 aliphatic rings. The van der Waals surface area contributed by atoms with Gasteiger partial charge in [0, 0.05) is 38.6 Å². The van der Waals surface area contributed by atoms with Crippen molar-refractivity contribution in [2.24, 2.45) is 5.73 Å². The molecule has 0 aliphatic carbocycles. The van der Waals surface area contributed by atoms with E-state index in [2.05, 4.69) is 4.98 Å². The van der Waals surface area contributed by atoms with Crippen LogP contribution in [0.5, 0.6) is 0 Å². The highest BCUT2D eigenvalue weighted by Gasteiger charge is 2.22. The Morgan fingerprint density at radius 2 is 2.15 bits per heavy atom. The number of aromatic nitrogens is 1. The lowest BCUT2D eigenvalue weighted by Crippen LogP contribution is -2.45. The van der Waals surface area contributed by atoms with Gasteiger partial charge >= 0.3 is 6.03 Å². The lowest BCUT2D eigenvalue weighted by Gasteiger charge is -2.33. The molecule has 1 aromatic heterocycles. The minimum atomic E-state index is 0.141. The molecule has 5 nitrogen and oxygen atoms in total. The summed E-state index contributed by atoms with van der Waals surface area (Å²) in [4.78, 5) is 20.6. The third kappa shape index (κ3) is 4.20. The number of hydrogen-bond acceptors (Lipinski definition) is 3. The normalized spacial score (nSPS) is 15.2. The number of urea groups is 1. The Morgan fingerprint density at radius 1 is 1.35 bits per heavy atom. The van der Waals surface area contributed by atoms with Crippen LogP contribution in [0.4, 0.5) is 4.79 Å². The second kappa shape index (κ2) is 7.85. The van der Waals surface area contributed by atoms with E-state index in [1.165, 1.54) is 6.42 Å². The summed E-state index contributed by atoms with van der Waals surface area (Å²) in [5.41, 5.74) is 6.65. The molecule has 2 heterocycles. The molecule has 0 radical (unpaired) electrons. The Bertz CT molecular complexity index is 404. The lowest BCUT2D eigenvalue weighted by atomic mass is 10.1. The summed E-state index contributed by atoms with van der Waals surface area (Å²) in [6, 6.07) is 4.05. The maximum Gasteiger partial charge on any atom is 0.320 e. The van der Waals surface area contributed by atoms with Gasteiger partial charge in [-0.15, -0.1) is 0 Å². The molecule has 1 fully saturated rings. The Hall–Kier alpha value is -1.62. The van der Waals surface area contributed by atoms with Gasteiger partial charge in [0.1, 0.15) is 0 Å². The van der Waals surface area contributed by atoms with Crippen LogP contribution in [-0.4, -0.2) is 47.0 Å². The van der Waals surface area contributed by atoms with Gasteiger partial charge in [0.05, 0.1) is 0 Å². The van der Waals surface area contributed by atoms with Gasteiger partial charge in [-0.3, -0.25) is 4.98 Å². The monoisotopic (exact) mass is 276 g/mol. The molecule has 0 bridgehead atoms. The summed E-state index contributed by atoms with van der Waals surface area (Å²) in [6.45, 7) is 3.69. The van der Waals surface area contributed by atoms with E-state index >= 15 is 0 Å². The molecule has 1 aromatic rings. The summed E-state index contributed by atoms with van der Waals surface area (Å²) in [5.74, 6) is 0. The SMILES string of the molecule is NCCCN(Cc1cccnc1)C(=O)N1CCCCC1. The zero-order valence-corrected chi connectivity index (χ0v) is 12.0. The number of nitrogens with two attached hydrogens (primary N) is 1. The van der Waals surface area contributed by atoms with Crippen LogP contribution >= 0.6 is 0 Å². The third-order valence-electron chi connectivity index (χ3n) is 3.63. The molecule has 0 saturated carbocycles. The van der Waals surface area contributed by atoms with Gasteiger partial charge < -0.3 is 15.5 Å². The summed E-state index contributed by atoms with van der Waals surface area (Å²) in [5, 5.41) is 0. The Balaban J connectivity index is 2.00. The Morgan fingerprint density at radius 3 is 2.80 bits per heavy atom. The van der Waals surface area contributed by atoms with E-state index < -0.39 is 0 Å². The molecule has 1 aliphatic heterocycles. The largest absolute Gasteiger partial charge is 0.330 e. The predicted molar refractivity (Wildman–Crippen MR) is 79.1 cm³/mol. The van der Waals surface area contributed by atoms with Crippen molar-refractivity contribution in [1.29, 1.82) is 0 Å². The fraction of sp³-hybridized carbons (Fsp3) is 0.600. The van der Waals surface area contributed by atoms with E-state index in [4.69, 9.17) is 5.73 Å². The second-order valence-electron chi connectivity index (χ2n) is 5.26. The maximum absolute atomic E-state index is 12.6. The number of pyridine rings is 1. The fourth-order valence-corrected chi connectivity index (χ4v) is 2.52. The van der Waals surface area contributed by atoms with Gasteiger partial charge in [0.25, 0.3) is 0 Å². The van der Waals surface area contributed by atoms with E-state index in [9.17, 15) is 4.79 Å². The first kappa shape index (κ1) is 14.8. The molecule has 1 saturated heterocycles. The van der Waals surface area contributed by atoms with Gasteiger partial charge in [-0.2, -0.15) is 0 Å². The number of piperidine rings is 1. The number of rotatable bonds is 5. The van der Waals surface area contributed by atoms with Gasteiger partial charge in [-0.25, -0.2) is 4.79 Å². The van der Waals surface area contributed by atoms with Gasteiger partial charge in [0.15, 0.2) is 0 Å². The molecule has 110 valence electrons. The standard InChI is InChI=1S/C15H24N4O/c16-7-5-11-19(13-14-6-4-8-17-12-14)15(20)18-9-2-1-3-10-18/h4,6,8,12H,1-3,5,7,9-11,13,16H2. The summed E-state index contributed by atoms with van der Waals surface area (Å²) >= 11 is 0. The average Bonchev–Trinajstić information content (AvgIpc) is 2.52. The lowest BCUT2D eigenvalue weighted by molar-refractivity contribution is 0.140. The number of likely N-dealkylation sites (tertiary alicyclic amines) is 1. The first-order valence-electron chi connectivity index (χ1n) is 7.44. The Kier molecular flexibility index (Phi) is 5.80. The number of nitrogens with zero attached hydrogens (tertiary/aromatic N) is 3. The molecule has 2 amide bonds. The molecule has 2 N–H and O–H groups in total. The summed E-state index contributed by atoms with van der Waals surface area (Å²) < 4.78 is 0. The first-order valence-corrected chi connectivity index (χ1v) is 7.44. The molecular weight excluding hydrogens is 252 g/mol. The number of carbonyl (C=O) groups is 1. The van der Waals surface area contributed by atoms with Crippen molar-refractivity contribution in [2.75, 3.05) is 26.2 Å². The summed E-state index contributed by atoms with van der Waals surface area (Å²) in [7, 11) is 0. The smallest absolute Gasteiger partial charge is 0.320 e. The van der Waals surface area contributed by atoms with Crippen LogP contribution < -0.4 is 5.73 Å². The van der Waals surface area contributed by atoms with E-state index in [0.717, 1.165) is 37.9 Å². The minimum Gasteiger partial charge on any atom is -0.330 e. The molecule has 0 spiro atoms. The van der Waals surface area contributed by atoms with Crippen LogP contribution in [0.25, 0.3) is 0 Å². The number of hydrogen-bond donors (Lipinski definition) is 1. The number of amides is 2. The van der Waals surface area contributed by atoms with Crippen LogP contribution in [0.2, 0.25) is 0 Å². The average molecular weight is 276 g/mol. The molecule has 5 heteroatoms. The van der Waals surface area contributed by atoms with Crippen molar-refractivity contribution in [3.8, 4) is 0 Å². The van der Waals surface area contributed by atoms with E-state index in [1.807, 2.05) is 28.1 Å². The van der Waals surface area contributed by atoms with Gasteiger partial charge in [-0.1, -0.05) is 6.07 Å². The first-order chi connectivity index (χ1) is 9.81. The zero-order chi connectivity index (χ0) is 14.2. The van der Waals surface area contributed by atoms with E-state index in [0.29, 0.717) is 19.6 Å². The molecule has 0 aromatic carbocycles. The fourth-order valence-electron chi connectivity index (χ4n) is 2.52. The zero-order valence-electron chi connectivity index (χ0n) is 12.0. The quantitative estimate of drug-likeness (QED) is 0.892. The van der Waals surface area contributed by atoms with Crippen LogP contribution in [0.15, 0.2) is 24.5 Å². The van der Waals surface area contributed by atoms with Crippen LogP contribution in [0.3, 0.4) is 0 Å². The molecule has 2 rings (SSSR count). The predicted octanol–water partition coefficient (Wildman–Crippen LogP) is 1.84. The van der Waals surface area contributed by atoms with Crippen LogP contribution in [0.1, 0.15) is 31.2 Å². The van der Waals surface area contributed by atoms with Crippen molar-refractivity contribution < 1.29 is 4.79 Å². The molecule has 20 heavy (non-hydrogen) atoms. The minimum absolute atomic E-state index is 0.141. The summed E-state index contributed by atoms with van der Waals surface area (Å²) in [6.07, 6.45) is 7.86. The molecular formula is C15H24N4O. The topological polar surface area (TPSA) is 62.5 Å². The van der Waals surface area contributed by atoms with Crippen molar-refractivity contribution >= 4 is 6.03 Å². The van der Waals surface area contributed by atoms with E-state index in [1.54, 1.807) is 6.20 Å². The van der Waals surface area contributed by atoms with Crippen LogP contribution in [0, 0.1) is 0 Å². The Labute approximate surface area is 120 Å². The van der Waals surface area contributed by atoms with Crippen molar-refractivity contribution in [3.63, 3.8) is 0 Å². The van der Waals surface area contributed by atoms with Crippen molar-refractivity contribution in [3.05, 3.63) is 30.1 Å². The highest BCUT2D eigenvalue weighted by Crippen LogP contribution is 2.13. The highest BCUT2D eigenvalue weighted by molar-refractivity contribution is 5.74. The van der Waals surface area contributed by atoms with Gasteiger partial charge in [-0.05, 0) is 43.9 Å². The highest BCUT2D eigenvalue weighted by atomic mass is 16.2. The van der Waals surface area contributed by atoms with Crippen molar-refractivity contribution in [2.45, 2.75) is 32.2 Å². The van der Waals surface area contributed by atoms with Crippen molar-refractivity contribution in [1.82, 2.24) is 14.8 Å². The maximum atomic E-state index is 12.6. The molecule has 0 atom stereocenters. The number of carbonyl (C=O) groups excluding carboxylic acids is 1. The third-order valence-corrected chi connectivity index (χ3v) is 3.63. The van der Waals surface area contributed by atoms with Gasteiger partial charge in [0.2, 0.25) is 0 Å². The molecule has 0 unspecified atom stereocenters. The van der Waals surface area contributed by atoms with Crippen LogP contribution in [-0.2, 0) is 6.54 Å². The second-order valence-corrected chi connectivity index (χ2v) is 5.26. The van der Waals surface area contributed by atoms with E-state index in [-0.39, 0.29) is 6.03 Å².